The average Bonchev–Trinajstić information content (AvgIpc) is 2.60. The molecule has 1 saturated heterocycles. The molecule has 0 radical (unpaired) electrons. The summed E-state index contributed by atoms with van der Waals surface area (Å²) in [7, 11) is -2.08. The van der Waals surface area contributed by atoms with Gasteiger partial charge in [-0.1, -0.05) is 19.3 Å². The molecule has 2 fully saturated rings. The quantitative estimate of drug-likeness (QED) is 0.920. The van der Waals surface area contributed by atoms with Crippen molar-refractivity contribution in [2.75, 3.05) is 20.1 Å². The number of hydrogen-bond acceptors (Lipinski definition) is 3. The Hall–Kier alpha value is -1.40. The predicted octanol–water partition coefficient (Wildman–Crippen LogP) is 2.25. The van der Waals surface area contributed by atoms with Crippen molar-refractivity contribution in [3.8, 4) is 0 Å². The number of likely N-dealkylation sites (tertiary alicyclic amines) is 1. The lowest BCUT2D eigenvalue weighted by atomic mass is 9.75. The second-order valence-electron chi connectivity index (χ2n) is 6.58. The van der Waals surface area contributed by atoms with Crippen molar-refractivity contribution in [3.63, 3.8) is 0 Å². The maximum Gasteiger partial charge on any atom is 0.253 e. The summed E-state index contributed by atoms with van der Waals surface area (Å²) < 4.78 is 25.7. The minimum atomic E-state index is -3.46. The molecule has 1 aliphatic heterocycles. The lowest BCUT2D eigenvalue weighted by Crippen LogP contribution is -2.44. The Kier molecular flexibility index (Phi) is 4.73. The average molecular weight is 336 g/mol. The molecule has 2 atom stereocenters. The van der Waals surface area contributed by atoms with Crippen LogP contribution in [-0.2, 0) is 10.0 Å². The molecule has 0 aromatic heterocycles. The highest BCUT2D eigenvalue weighted by Crippen LogP contribution is 2.36. The Morgan fingerprint density at radius 2 is 1.74 bits per heavy atom. The highest BCUT2D eigenvalue weighted by atomic mass is 32.2. The molecule has 6 heteroatoms. The van der Waals surface area contributed by atoms with E-state index in [2.05, 4.69) is 4.72 Å². The first kappa shape index (κ1) is 16.5. The van der Waals surface area contributed by atoms with Gasteiger partial charge in [-0.25, -0.2) is 13.1 Å². The van der Waals surface area contributed by atoms with E-state index in [1.807, 2.05) is 4.90 Å². The van der Waals surface area contributed by atoms with Gasteiger partial charge in [0.1, 0.15) is 0 Å². The minimum absolute atomic E-state index is 0.0161. The molecule has 1 amide bonds. The summed E-state index contributed by atoms with van der Waals surface area (Å²) >= 11 is 0. The molecule has 3 rings (SSSR count). The smallest absolute Gasteiger partial charge is 0.253 e. The number of sulfonamides is 1. The number of hydrogen-bond donors (Lipinski definition) is 1. The van der Waals surface area contributed by atoms with Crippen LogP contribution in [0.2, 0.25) is 0 Å². The van der Waals surface area contributed by atoms with Crippen LogP contribution in [-0.4, -0.2) is 39.4 Å². The molecule has 5 nitrogen and oxygen atoms in total. The molecule has 1 aromatic rings. The highest BCUT2D eigenvalue weighted by Gasteiger charge is 2.33. The Bertz CT molecular complexity index is 670. The molecule has 1 aliphatic carbocycles. The van der Waals surface area contributed by atoms with Gasteiger partial charge in [0.25, 0.3) is 5.91 Å². The van der Waals surface area contributed by atoms with Gasteiger partial charge in [0.2, 0.25) is 10.0 Å². The molecule has 126 valence electrons. The molecule has 2 aliphatic rings. The van der Waals surface area contributed by atoms with Gasteiger partial charge in [0.15, 0.2) is 0 Å². The maximum absolute atomic E-state index is 12.7. The van der Waals surface area contributed by atoms with E-state index in [-0.39, 0.29) is 10.8 Å². The maximum atomic E-state index is 12.7. The Morgan fingerprint density at radius 1 is 1.09 bits per heavy atom. The third-order valence-electron chi connectivity index (χ3n) is 5.26. The molecule has 23 heavy (non-hydrogen) atoms. The highest BCUT2D eigenvalue weighted by molar-refractivity contribution is 7.89. The fraction of sp³-hybridized carbons (Fsp3) is 0.588. The van der Waals surface area contributed by atoms with E-state index >= 15 is 0 Å². The molecular formula is C17H24N2O3S. The van der Waals surface area contributed by atoms with Crippen LogP contribution in [0.4, 0.5) is 0 Å². The van der Waals surface area contributed by atoms with Crippen LogP contribution in [0, 0.1) is 11.8 Å². The van der Waals surface area contributed by atoms with Gasteiger partial charge >= 0.3 is 0 Å². The summed E-state index contributed by atoms with van der Waals surface area (Å²) in [5.41, 5.74) is 0.564. The van der Waals surface area contributed by atoms with Crippen LogP contribution >= 0.6 is 0 Å². The van der Waals surface area contributed by atoms with Crippen LogP contribution in [0.1, 0.15) is 42.5 Å². The van der Waals surface area contributed by atoms with E-state index < -0.39 is 10.0 Å². The second-order valence-corrected chi connectivity index (χ2v) is 8.46. The zero-order chi connectivity index (χ0) is 16.4. The Morgan fingerprint density at radius 3 is 2.39 bits per heavy atom. The zero-order valence-electron chi connectivity index (χ0n) is 13.5. The van der Waals surface area contributed by atoms with Gasteiger partial charge in [0.05, 0.1) is 4.90 Å². The standard InChI is InChI=1S/C17H24N2O3S/c1-18-23(21,22)16-8-6-14(7-9-16)17(20)19-11-10-13-4-2-3-5-15(13)12-19/h6-9,13,15,18H,2-5,10-12H2,1H3/t13-,15-/m0/s1. The molecule has 1 N–H and O–H groups in total. The van der Waals surface area contributed by atoms with E-state index in [1.54, 1.807) is 12.1 Å². The van der Waals surface area contributed by atoms with Gasteiger partial charge in [-0.2, -0.15) is 0 Å². The molecular weight excluding hydrogens is 312 g/mol. The van der Waals surface area contributed by atoms with Crippen molar-refractivity contribution in [2.45, 2.75) is 37.0 Å². The van der Waals surface area contributed by atoms with Crippen molar-refractivity contribution in [3.05, 3.63) is 29.8 Å². The van der Waals surface area contributed by atoms with E-state index in [4.69, 9.17) is 0 Å². The summed E-state index contributed by atoms with van der Waals surface area (Å²) in [5.74, 6) is 1.45. The second kappa shape index (κ2) is 6.61. The van der Waals surface area contributed by atoms with Gasteiger partial charge < -0.3 is 4.90 Å². The van der Waals surface area contributed by atoms with Gasteiger partial charge in [-0.15, -0.1) is 0 Å². The predicted molar refractivity (Wildman–Crippen MR) is 88.7 cm³/mol. The first-order chi connectivity index (χ1) is 11.0. The molecule has 0 unspecified atom stereocenters. The third-order valence-corrected chi connectivity index (χ3v) is 6.69. The first-order valence-electron chi connectivity index (χ1n) is 8.34. The molecule has 1 heterocycles. The van der Waals surface area contributed by atoms with Crippen LogP contribution in [0.5, 0.6) is 0 Å². The molecule has 0 spiro atoms. The number of benzene rings is 1. The SMILES string of the molecule is CNS(=O)(=O)c1ccc(C(=O)N2CC[C@@H]3CCCC[C@H]3C2)cc1. The van der Waals surface area contributed by atoms with Crippen molar-refractivity contribution in [2.24, 2.45) is 11.8 Å². The number of nitrogens with one attached hydrogen (secondary N) is 1. The first-order valence-corrected chi connectivity index (χ1v) is 9.82. The number of amides is 1. The number of nitrogens with zero attached hydrogens (tertiary/aromatic N) is 1. The number of piperidine rings is 1. The van der Waals surface area contributed by atoms with Crippen molar-refractivity contribution < 1.29 is 13.2 Å². The fourth-order valence-electron chi connectivity index (χ4n) is 3.86. The lowest BCUT2D eigenvalue weighted by molar-refractivity contribution is 0.0521. The number of carbonyl (C=O) groups is 1. The largest absolute Gasteiger partial charge is 0.338 e. The van der Waals surface area contributed by atoms with Crippen LogP contribution in [0.3, 0.4) is 0 Å². The monoisotopic (exact) mass is 336 g/mol. The molecule has 1 saturated carbocycles. The molecule has 1 aromatic carbocycles. The van der Waals surface area contributed by atoms with Crippen LogP contribution in [0.15, 0.2) is 29.2 Å². The van der Waals surface area contributed by atoms with Crippen LogP contribution in [0.25, 0.3) is 0 Å². The van der Waals surface area contributed by atoms with E-state index in [9.17, 15) is 13.2 Å². The van der Waals surface area contributed by atoms with E-state index in [0.29, 0.717) is 11.5 Å². The normalized spacial score (nSPS) is 25.0. The van der Waals surface area contributed by atoms with Gasteiger partial charge in [0, 0.05) is 18.7 Å². The third kappa shape index (κ3) is 3.43. The summed E-state index contributed by atoms with van der Waals surface area (Å²) in [6, 6.07) is 6.21. The number of carbonyl (C=O) groups excluding carboxylic acids is 1. The topological polar surface area (TPSA) is 66.5 Å². The summed E-state index contributed by atoms with van der Waals surface area (Å²) in [6.45, 7) is 1.66. The summed E-state index contributed by atoms with van der Waals surface area (Å²) in [5, 5.41) is 0. The van der Waals surface area contributed by atoms with Gasteiger partial charge in [-0.05, 0) is 56.0 Å². The number of rotatable bonds is 3. The molecule has 0 bridgehead atoms. The minimum Gasteiger partial charge on any atom is -0.338 e. The summed E-state index contributed by atoms with van der Waals surface area (Å²) in [6.07, 6.45) is 6.25. The zero-order valence-corrected chi connectivity index (χ0v) is 14.3. The van der Waals surface area contributed by atoms with Crippen molar-refractivity contribution >= 4 is 15.9 Å². The van der Waals surface area contributed by atoms with E-state index in [0.717, 1.165) is 25.4 Å². The van der Waals surface area contributed by atoms with Crippen molar-refractivity contribution in [1.29, 1.82) is 0 Å². The number of fused-ring (bicyclic) bond motifs is 1. The van der Waals surface area contributed by atoms with Crippen molar-refractivity contribution in [1.82, 2.24) is 9.62 Å². The lowest BCUT2D eigenvalue weighted by Gasteiger charge is -2.41. The summed E-state index contributed by atoms with van der Waals surface area (Å²) in [4.78, 5) is 14.8. The van der Waals surface area contributed by atoms with E-state index in [1.165, 1.54) is 44.9 Å². The van der Waals surface area contributed by atoms with Gasteiger partial charge in [-0.3, -0.25) is 4.79 Å². The Labute approximate surface area is 138 Å². The van der Waals surface area contributed by atoms with Crippen LogP contribution < -0.4 is 4.72 Å². The fourth-order valence-corrected chi connectivity index (χ4v) is 4.59. The Balaban J connectivity index is 1.71.